The van der Waals surface area contributed by atoms with Crippen LogP contribution >= 0.6 is 34.9 Å². The van der Waals surface area contributed by atoms with Crippen LogP contribution in [0.5, 0.6) is 0 Å². The summed E-state index contributed by atoms with van der Waals surface area (Å²) in [4.78, 5) is 47.3. The van der Waals surface area contributed by atoms with Crippen LogP contribution < -0.4 is 11.1 Å². The third-order valence-corrected chi connectivity index (χ3v) is 6.67. The van der Waals surface area contributed by atoms with Crippen LogP contribution in [0.15, 0.2) is 39.0 Å². The quantitative estimate of drug-likeness (QED) is 0.148. The molecule has 2 aliphatic heterocycles. The first-order chi connectivity index (χ1) is 15.3. The molecule has 4 rings (SSSR count). The van der Waals surface area contributed by atoms with E-state index in [1.807, 2.05) is 0 Å². The number of pyridine rings is 1. The van der Waals surface area contributed by atoms with Crippen LogP contribution in [0.25, 0.3) is 0 Å². The predicted octanol–water partition coefficient (Wildman–Crippen LogP) is 0.925. The number of amides is 2. The molecule has 1 fully saturated rings. The van der Waals surface area contributed by atoms with Gasteiger partial charge in [-0.05, 0) is 25.0 Å². The Bertz CT molecular complexity index is 1180. The molecule has 166 valence electrons. The fourth-order valence-corrected chi connectivity index (χ4v) is 5.21. The number of halogens is 1. The van der Waals surface area contributed by atoms with Gasteiger partial charge in [0.1, 0.15) is 16.9 Å². The number of nitrogens with zero attached hydrogens (tertiary/aromatic N) is 5. The number of carboxylic acids is 1. The highest BCUT2D eigenvalue weighted by Crippen LogP contribution is 2.43. The van der Waals surface area contributed by atoms with E-state index in [-0.39, 0.29) is 21.8 Å². The number of hydrogen-bond donors (Lipinski definition) is 4. The number of aromatic nitrogens is 3. The van der Waals surface area contributed by atoms with Gasteiger partial charge in [-0.2, -0.15) is 9.36 Å². The van der Waals surface area contributed by atoms with Gasteiger partial charge >= 0.3 is 5.97 Å². The highest BCUT2D eigenvalue weighted by molar-refractivity contribution is 8.03. The molecule has 2 atom stereocenters. The SMILES string of the molecule is Nc1nc(/C(=N/O)C(=O)N[C@@H]2C(=O)N3C(C(=O)O)=C(Sc4ccnc(Cl)c4)CC[C@H]23)ns1. The number of carboxylic acid groups (broad SMARTS) is 1. The average molecular weight is 496 g/mol. The van der Waals surface area contributed by atoms with E-state index in [2.05, 4.69) is 24.8 Å². The summed E-state index contributed by atoms with van der Waals surface area (Å²) in [5.41, 5.74) is 4.84. The normalized spacial score (nSPS) is 20.6. The maximum absolute atomic E-state index is 12.8. The molecule has 0 spiro atoms. The first-order valence-electron chi connectivity index (χ1n) is 9.01. The zero-order valence-corrected chi connectivity index (χ0v) is 18.3. The zero-order chi connectivity index (χ0) is 23.0. The van der Waals surface area contributed by atoms with Crippen LogP contribution in [0.4, 0.5) is 5.13 Å². The Hall–Kier alpha value is -3.23. The number of rotatable bonds is 6. The number of allylic oxidation sites excluding steroid dienone is 1. The minimum atomic E-state index is -1.25. The maximum atomic E-state index is 12.8. The van der Waals surface area contributed by atoms with Gasteiger partial charge in [-0.3, -0.25) is 14.5 Å². The Kier molecular flexibility index (Phi) is 5.99. The van der Waals surface area contributed by atoms with Crippen molar-refractivity contribution in [3.8, 4) is 0 Å². The first kappa shape index (κ1) is 22.0. The van der Waals surface area contributed by atoms with Gasteiger partial charge in [0.05, 0.1) is 6.04 Å². The second-order valence-corrected chi connectivity index (χ2v) is 9.00. The molecule has 15 heteroatoms. The number of thioether (sulfide) groups is 1. The molecule has 32 heavy (non-hydrogen) atoms. The van der Waals surface area contributed by atoms with Crippen molar-refractivity contribution in [2.24, 2.45) is 5.16 Å². The Labute approximate surface area is 193 Å². The third-order valence-electron chi connectivity index (χ3n) is 4.79. The molecule has 2 amide bonds. The van der Waals surface area contributed by atoms with Gasteiger partial charge < -0.3 is 21.4 Å². The van der Waals surface area contributed by atoms with Crippen LogP contribution in [0.2, 0.25) is 5.15 Å². The monoisotopic (exact) mass is 495 g/mol. The number of hydrogen-bond acceptors (Lipinski definition) is 11. The number of carbonyl (C=O) groups excluding carboxylic acids is 2. The summed E-state index contributed by atoms with van der Waals surface area (Å²) in [6, 6.07) is 1.74. The molecule has 0 saturated carbocycles. The smallest absolute Gasteiger partial charge is 0.353 e. The van der Waals surface area contributed by atoms with Crippen molar-refractivity contribution in [3.63, 3.8) is 0 Å². The van der Waals surface area contributed by atoms with Crippen LogP contribution in [0.3, 0.4) is 0 Å². The standard InChI is InChI=1S/C17H14ClN7O5S2/c18-9-5-6(3-4-20-9)31-8-2-1-7-10(15(27)25(7)12(8)16(28)29)21-14(26)11(23-30)13-22-17(19)32-24-13/h3-5,7,10,30H,1-2H2,(H,21,26)(H,28,29)(H2,19,22,24)/b23-11-/t7-,10+/m1/s1. The van der Waals surface area contributed by atoms with Crippen molar-refractivity contribution in [2.75, 3.05) is 5.73 Å². The molecule has 12 nitrogen and oxygen atoms in total. The molecule has 5 N–H and O–H groups in total. The van der Waals surface area contributed by atoms with Crippen molar-refractivity contribution in [1.82, 2.24) is 24.6 Å². The summed E-state index contributed by atoms with van der Waals surface area (Å²) in [6.45, 7) is 0. The summed E-state index contributed by atoms with van der Waals surface area (Å²) in [5, 5.41) is 24.7. The van der Waals surface area contributed by atoms with Crippen molar-refractivity contribution < 1.29 is 24.7 Å². The summed E-state index contributed by atoms with van der Waals surface area (Å²) < 4.78 is 3.81. The second kappa shape index (κ2) is 8.72. The van der Waals surface area contributed by atoms with E-state index in [0.29, 0.717) is 22.6 Å². The Balaban J connectivity index is 1.53. The van der Waals surface area contributed by atoms with Crippen LogP contribution in [0, 0.1) is 0 Å². The molecule has 1 saturated heterocycles. The minimum Gasteiger partial charge on any atom is -0.477 e. The van der Waals surface area contributed by atoms with Crippen molar-refractivity contribution in [2.45, 2.75) is 29.8 Å². The largest absolute Gasteiger partial charge is 0.477 e. The number of nitrogens with one attached hydrogen (secondary N) is 1. The van der Waals surface area contributed by atoms with Crippen LogP contribution in [0.1, 0.15) is 18.7 Å². The average Bonchev–Trinajstić information content (AvgIpc) is 3.17. The van der Waals surface area contributed by atoms with E-state index in [1.54, 1.807) is 12.1 Å². The van der Waals surface area contributed by atoms with Gasteiger partial charge in [0, 0.05) is 27.5 Å². The number of oxime groups is 1. The van der Waals surface area contributed by atoms with Crippen LogP contribution in [-0.4, -0.2) is 65.1 Å². The minimum absolute atomic E-state index is 0.0730. The van der Waals surface area contributed by atoms with Crippen molar-refractivity contribution in [1.29, 1.82) is 0 Å². The third kappa shape index (κ3) is 3.99. The molecule has 0 bridgehead atoms. The van der Waals surface area contributed by atoms with Gasteiger partial charge in [0.15, 0.2) is 5.13 Å². The number of aliphatic carboxylic acids is 1. The Morgan fingerprint density at radius 1 is 1.44 bits per heavy atom. The lowest BCUT2D eigenvalue weighted by Gasteiger charge is -2.50. The van der Waals surface area contributed by atoms with Crippen molar-refractivity contribution in [3.05, 3.63) is 39.9 Å². The number of nitrogen functional groups attached to an aromatic ring is 1. The molecule has 2 aromatic heterocycles. The van der Waals surface area contributed by atoms with Crippen LogP contribution in [-0.2, 0) is 14.4 Å². The maximum Gasteiger partial charge on any atom is 0.353 e. The van der Waals surface area contributed by atoms with Gasteiger partial charge in [-0.25, -0.2) is 9.78 Å². The van der Waals surface area contributed by atoms with E-state index in [1.165, 1.54) is 18.0 Å². The molecule has 0 aliphatic carbocycles. The fourth-order valence-electron chi connectivity index (χ4n) is 3.45. The first-order valence-corrected chi connectivity index (χ1v) is 11.0. The zero-order valence-electron chi connectivity index (χ0n) is 15.9. The molecular formula is C17H14ClN7O5S2. The van der Waals surface area contributed by atoms with Gasteiger partial charge in [0.2, 0.25) is 11.5 Å². The lowest BCUT2D eigenvalue weighted by Crippen LogP contribution is -2.72. The molecular weight excluding hydrogens is 482 g/mol. The van der Waals surface area contributed by atoms with E-state index in [0.717, 1.165) is 16.4 Å². The molecule has 0 radical (unpaired) electrons. The van der Waals surface area contributed by atoms with Gasteiger partial charge in [-0.15, -0.1) is 0 Å². The molecule has 4 heterocycles. The number of nitrogens with two attached hydrogens (primary N) is 1. The van der Waals surface area contributed by atoms with E-state index < -0.39 is 35.6 Å². The van der Waals surface area contributed by atoms with E-state index in [9.17, 15) is 24.7 Å². The lowest BCUT2D eigenvalue weighted by molar-refractivity contribution is -0.155. The Morgan fingerprint density at radius 3 is 2.84 bits per heavy atom. The topological polar surface area (TPSA) is 184 Å². The highest BCUT2D eigenvalue weighted by atomic mass is 35.5. The summed E-state index contributed by atoms with van der Waals surface area (Å²) in [7, 11) is 0. The number of anilines is 1. The van der Waals surface area contributed by atoms with Gasteiger partial charge in [0.25, 0.3) is 11.8 Å². The number of carbonyl (C=O) groups is 3. The van der Waals surface area contributed by atoms with E-state index >= 15 is 0 Å². The molecule has 2 aliphatic rings. The summed E-state index contributed by atoms with van der Waals surface area (Å²) >= 11 is 7.90. The van der Waals surface area contributed by atoms with Crippen molar-refractivity contribution >= 4 is 63.5 Å². The Morgan fingerprint density at radius 2 is 2.22 bits per heavy atom. The number of β-lactam (4-membered cyclic amide) rings is 1. The molecule has 0 aromatic carbocycles. The molecule has 0 unspecified atom stereocenters. The van der Waals surface area contributed by atoms with Gasteiger partial charge in [-0.1, -0.05) is 28.5 Å². The highest BCUT2D eigenvalue weighted by Gasteiger charge is 2.53. The summed E-state index contributed by atoms with van der Waals surface area (Å²) in [6.07, 6.45) is 2.29. The second-order valence-electron chi connectivity index (χ2n) is 6.66. The predicted molar refractivity (Wildman–Crippen MR) is 114 cm³/mol. The number of fused-ring (bicyclic) bond motifs is 1. The summed E-state index contributed by atoms with van der Waals surface area (Å²) in [5.74, 6) is -2.90. The lowest BCUT2D eigenvalue weighted by atomic mass is 9.86. The molecule has 2 aromatic rings. The fraction of sp³-hybridized carbons (Fsp3) is 0.235. The van der Waals surface area contributed by atoms with E-state index in [4.69, 9.17) is 17.3 Å².